The number of aryl methyl sites for hydroxylation is 1. The number of nitrogens with one attached hydrogen (secondary N) is 1. The van der Waals surface area contributed by atoms with E-state index in [0.717, 1.165) is 6.42 Å². The zero-order valence-electron chi connectivity index (χ0n) is 12.5. The third kappa shape index (κ3) is 3.36. The molecule has 1 amide bonds. The summed E-state index contributed by atoms with van der Waals surface area (Å²) >= 11 is 0. The summed E-state index contributed by atoms with van der Waals surface area (Å²) in [7, 11) is 1.79. The maximum Gasteiger partial charge on any atom is 0.278 e. The predicted molar refractivity (Wildman–Crippen MR) is 77.9 cm³/mol. The summed E-state index contributed by atoms with van der Waals surface area (Å²) in [5, 5.41) is 14.4. The number of amides is 1. The van der Waals surface area contributed by atoms with Crippen LogP contribution in [0.4, 0.5) is 5.69 Å². The van der Waals surface area contributed by atoms with Crippen LogP contribution in [0, 0.1) is 24.0 Å². The Hall–Kier alpha value is -2.02. The van der Waals surface area contributed by atoms with Crippen LogP contribution in [0.1, 0.15) is 29.7 Å². The van der Waals surface area contributed by atoms with Gasteiger partial charge in [-0.25, -0.2) is 0 Å². The van der Waals surface area contributed by atoms with E-state index in [1.165, 1.54) is 0 Å². The summed E-state index contributed by atoms with van der Waals surface area (Å²) in [4.78, 5) is 28.2. The van der Waals surface area contributed by atoms with Crippen molar-refractivity contribution in [2.45, 2.75) is 39.3 Å². The van der Waals surface area contributed by atoms with E-state index < -0.39 is 0 Å². The SMILES string of the molecule is Cc1cnc(CNC2CCC(=O)N(C)C2)c(C)c1[N+](=O)[O-]. The summed E-state index contributed by atoms with van der Waals surface area (Å²) in [5.41, 5.74) is 2.00. The number of aromatic nitrogens is 1. The number of nitro groups is 1. The standard InChI is InChI=1S/C14H20N4O3/c1-9-6-16-12(10(2)14(9)18(20)21)7-15-11-4-5-13(19)17(3)8-11/h6,11,15H,4-5,7-8H2,1-3H3. The molecule has 1 N–H and O–H groups in total. The highest BCUT2D eigenvalue weighted by atomic mass is 16.6. The van der Waals surface area contributed by atoms with Gasteiger partial charge in [0.05, 0.1) is 10.6 Å². The lowest BCUT2D eigenvalue weighted by Crippen LogP contribution is -2.46. The lowest BCUT2D eigenvalue weighted by Gasteiger charge is -2.30. The Morgan fingerprint density at radius 1 is 1.52 bits per heavy atom. The van der Waals surface area contributed by atoms with Gasteiger partial charge in [0.15, 0.2) is 0 Å². The third-order valence-electron chi connectivity index (χ3n) is 3.94. The fourth-order valence-corrected chi connectivity index (χ4v) is 2.64. The van der Waals surface area contributed by atoms with Gasteiger partial charge in [-0.1, -0.05) is 0 Å². The number of likely N-dealkylation sites (N-methyl/N-ethyl adjacent to an activating group) is 1. The van der Waals surface area contributed by atoms with Crippen molar-refractivity contribution in [3.8, 4) is 0 Å². The van der Waals surface area contributed by atoms with Crippen LogP contribution in [-0.2, 0) is 11.3 Å². The molecule has 0 aliphatic carbocycles. The molecule has 2 heterocycles. The van der Waals surface area contributed by atoms with Gasteiger partial charge >= 0.3 is 0 Å². The Morgan fingerprint density at radius 2 is 2.24 bits per heavy atom. The molecule has 1 fully saturated rings. The van der Waals surface area contributed by atoms with E-state index in [9.17, 15) is 14.9 Å². The van der Waals surface area contributed by atoms with Crippen molar-refractivity contribution in [1.82, 2.24) is 15.2 Å². The van der Waals surface area contributed by atoms with Gasteiger partial charge in [-0.2, -0.15) is 0 Å². The Bertz CT molecular complexity index is 574. The number of hydrogen-bond donors (Lipinski definition) is 1. The second kappa shape index (κ2) is 6.17. The van der Waals surface area contributed by atoms with Crippen molar-refractivity contribution in [2.24, 2.45) is 0 Å². The topological polar surface area (TPSA) is 88.4 Å². The molecule has 1 aliphatic rings. The van der Waals surface area contributed by atoms with E-state index in [4.69, 9.17) is 0 Å². The zero-order chi connectivity index (χ0) is 15.6. The first-order valence-electron chi connectivity index (χ1n) is 6.97. The number of likely N-dealkylation sites (tertiary alicyclic amines) is 1. The van der Waals surface area contributed by atoms with Gasteiger partial charge in [0.2, 0.25) is 5.91 Å². The number of hydrogen-bond acceptors (Lipinski definition) is 5. The highest BCUT2D eigenvalue weighted by molar-refractivity contribution is 5.76. The minimum atomic E-state index is -0.358. The van der Waals surface area contributed by atoms with Gasteiger partial charge in [-0.3, -0.25) is 19.9 Å². The van der Waals surface area contributed by atoms with Gasteiger partial charge in [-0.05, 0) is 20.3 Å². The molecule has 114 valence electrons. The first kappa shape index (κ1) is 15.4. The number of carbonyl (C=O) groups excluding carboxylic acids is 1. The molecule has 1 aromatic heterocycles. The van der Waals surface area contributed by atoms with Crippen molar-refractivity contribution >= 4 is 11.6 Å². The van der Waals surface area contributed by atoms with Crippen molar-refractivity contribution in [3.63, 3.8) is 0 Å². The summed E-state index contributed by atoms with van der Waals surface area (Å²) in [5.74, 6) is 0.160. The van der Waals surface area contributed by atoms with Crippen molar-refractivity contribution in [2.75, 3.05) is 13.6 Å². The van der Waals surface area contributed by atoms with Crippen molar-refractivity contribution < 1.29 is 9.72 Å². The summed E-state index contributed by atoms with van der Waals surface area (Å²) in [6, 6.07) is 0.203. The highest BCUT2D eigenvalue weighted by Gasteiger charge is 2.23. The summed E-state index contributed by atoms with van der Waals surface area (Å²) < 4.78 is 0. The average molecular weight is 292 g/mol. The van der Waals surface area contributed by atoms with Crippen molar-refractivity contribution in [3.05, 3.63) is 33.1 Å². The Morgan fingerprint density at radius 3 is 2.86 bits per heavy atom. The molecule has 7 heteroatoms. The molecule has 1 aromatic rings. The fourth-order valence-electron chi connectivity index (χ4n) is 2.64. The molecule has 0 aromatic carbocycles. The number of carbonyl (C=O) groups is 1. The monoisotopic (exact) mass is 292 g/mol. The molecule has 21 heavy (non-hydrogen) atoms. The molecule has 2 rings (SSSR count). The molecule has 1 atom stereocenters. The van der Waals surface area contributed by atoms with E-state index >= 15 is 0 Å². The lowest BCUT2D eigenvalue weighted by molar-refractivity contribution is -0.386. The first-order chi connectivity index (χ1) is 9.90. The van der Waals surface area contributed by atoms with Gasteiger partial charge in [0, 0.05) is 49.9 Å². The number of nitrogens with zero attached hydrogens (tertiary/aromatic N) is 3. The Kier molecular flexibility index (Phi) is 4.52. The van der Waals surface area contributed by atoms with E-state index in [1.807, 2.05) is 0 Å². The molecule has 1 unspecified atom stereocenters. The number of rotatable bonds is 4. The van der Waals surface area contributed by atoms with Crippen molar-refractivity contribution in [1.29, 1.82) is 0 Å². The number of pyridine rings is 1. The molecule has 1 aliphatic heterocycles. The molecule has 0 saturated carbocycles. The van der Waals surface area contributed by atoms with E-state index in [1.54, 1.807) is 32.0 Å². The normalized spacial score (nSPS) is 18.9. The quantitative estimate of drug-likeness (QED) is 0.668. The smallest absolute Gasteiger partial charge is 0.278 e. The van der Waals surface area contributed by atoms with E-state index in [0.29, 0.717) is 36.3 Å². The van der Waals surface area contributed by atoms with E-state index in [-0.39, 0.29) is 22.6 Å². The predicted octanol–water partition coefficient (Wildman–Crippen LogP) is 1.32. The maximum atomic E-state index is 11.4. The molecular formula is C14H20N4O3. The highest BCUT2D eigenvalue weighted by Crippen LogP contribution is 2.24. The minimum absolute atomic E-state index is 0.137. The van der Waals surface area contributed by atoms with Gasteiger partial charge in [0.25, 0.3) is 5.69 Å². The van der Waals surface area contributed by atoms with Gasteiger partial charge in [0.1, 0.15) is 0 Å². The van der Waals surface area contributed by atoms with Gasteiger partial charge in [-0.15, -0.1) is 0 Å². The molecule has 7 nitrogen and oxygen atoms in total. The largest absolute Gasteiger partial charge is 0.344 e. The Labute approximate surface area is 123 Å². The zero-order valence-corrected chi connectivity index (χ0v) is 12.5. The number of piperidine rings is 1. The molecule has 0 spiro atoms. The molecule has 1 saturated heterocycles. The van der Waals surface area contributed by atoms with Crippen LogP contribution in [0.2, 0.25) is 0 Å². The second-order valence-electron chi connectivity index (χ2n) is 5.51. The Balaban J connectivity index is 2.06. The third-order valence-corrected chi connectivity index (χ3v) is 3.94. The summed E-state index contributed by atoms with van der Waals surface area (Å²) in [6.45, 7) is 4.55. The van der Waals surface area contributed by atoms with Gasteiger partial charge < -0.3 is 10.2 Å². The molecule has 0 radical (unpaired) electrons. The first-order valence-corrected chi connectivity index (χ1v) is 6.97. The molecule has 0 bridgehead atoms. The lowest BCUT2D eigenvalue weighted by atomic mass is 10.0. The van der Waals surface area contributed by atoms with Crippen LogP contribution in [0.5, 0.6) is 0 Å². The van der Waals surface area contributed by atoms with Crippen LogP contribution in [0.3, 0.4) is 0 Å². The molecular weight excluding hydrogens is 272 g/mol. The van der Waals surface area contributed by atoms with E-state index in [2.05, 4.69) is 10.3 Å². The minimum Gasteiger partial charge on any atom is -0.344 e. The average Bonchev–Trinajstić information content (AvgIpc) is 2.41. The maximum absolute atomic E-state index is 11.4. The van der Waals surface area contributed by atoms with Crippen LogP contribution >= 0.6 is 0 Å². The van der Waals surface area contributed by atoms with Crippen LogP contribution in [0.15, 0.2) is 6.20 Å². The fraction of sp³-hybridized carbons (Fsp3) is 0.571. The second-order valence-corrected chi connectivity index (χ2v) is 5.51. The summed E-state index contributed by atoms with van der Waals surface area (Å²) in [6.07, 6.45) is 2.86. The van der Waals surface area contributed by atoms with Crippen LogP contribution in [-0.4, -0.2) is 40.3 Å². The van der Waals surface area contributed by atoms with Crippen LogP contribution < -0.4 is 5.32 Å². The van der Waals surface area contributed by atoms with Crippen LogP contribution in [0.25, 0.3) is 0 Å².